The first-order chi connectivity index (χ1) is 18.8. The summed E-state index contributed by atoms with van der Waals surface area (Å²) in [6, 6.07) is 15.7. The van der Waals surface area contributed by atoms with Crippen LogP contribution in [0, 0.1) is 5.92 Å². The molecule has 1 N–H and O–H groups in total. The van der Waals surface area contributed by atoms with Gasteiger partial charge in [-0.05, 0) is 80.7 Å². The lowest BCUT2D eigenvalue weighted by molar-refractivity contribution is -0.138. The molecular formula is C30H44Cl2N4O4S. The Kier molecular flexibility index (Phi) is 12.6. The first-order valence-electron chi connectivity index (χ1n) is 14.4. The molecule has 3 aliphatic rings. The fourth-order valence-corrected chi connectivity index (χ4v) is 6.78. The summed E-state index contributed by atoms with van der Waals surface area (Å²) in [5.74, 6) is 2.11. The summed E-state index contributed by atoms with van der Waals surface area (Å²) in [5.41, 5.74) is 1.78. The van der Waals surface area contributed by atoms with Gasteiger partial charge < -0.3 is 9.64 Å². The molecule has 8 nitrogen and oxygen atoms in total. The van der Waals surface area contributed by atoms with Crippen LogP contribution in [0.3, 0.4) is 0 Å². The highest BCUT2D eigenvalue weighted by atomic mass is 35.5. The van der Waals surface area contributed by atoms with Crippen molar-refractivity contribution in [2.24, 2.45) is 5.92 Å². The molecule has 1 aliphatic carbocycles. The van der Waals surface area contributed by atoms with E-state index < -0.39 is 10.0 Å². The van der Waals surface area contributed by atoms with Gasteiger partial charge >= 0.3 is 0 Å². The molecule has 3 fully saturated rings. The van der Waals surface area contributed by atoms with Gasteiger partial charge in [0.1, 0.15) is 11.5 Å². The standard InChI is InChI=1S/C30H42N4O4S.2ClH/c1-39(36,37)31-26-9-13-29(14-10-26)38-28-11-7-24(8-12-28)23-32-17-15-27(16-18-32)33-19-21-34(22-20-33)30(35)25-5-3-2-4-6-25;;/h7-14,25,27,31H,2-6,15-23H2,1H3;2*1H. The Morgan fingerprint density at radius 2 is 1.37 bits per heavy atom. The normalized spacial score (nSPS) is 19.6. The molecule has 5 rings (SSSR count). The zero-order chi connectivity index (χ0) is 27.2. The van der Waals surface area contributed by atoms with E-state index in [1.54, 1.807) is 24.3 Å². The number of likely N-dealkylation sites (tertiary alicyclic amines) is 1. The quantitative estimate of drug-likeness (QED) is 0.423. The molecule has 11 heteroatoms. The fourth-order valence-electron chi connectivity index (χ4n) is 6.22. The van der Waals surface area contributed by atoms with Crippen LogP contribution in [-0.2, 0) is 21.4 Å². The first kappa shape index (κ1) is 33.5. The Hall–Kier alpha value is -2.04. The molecule has 41 heavy (non-hydrogen) atoms. The van der Waals surface area contributed by atoms with Gasteiger partial charge in [-0.1, -0.05) is 31.4 Å². The Balaban J connectivity index is 0.00000231. The van der Waals surface area contributed by atoms with Crippen molar-refractivity contribution in [2.45, 2.75) is 57.5 Å². The number of hydrogen-bond donors (Lipinski definition) is 1. The molecule has 228 valence electrons. The molecule has 1 saturated carbocycles. The number of carbonyl (C=O) groups is 1. The van der Waals surface area contributed by atoms with E-state index in [1.165, 1.54) is 37.7 Å². The highest BCUT2D eigenvalue weighted by Gasteiger charge is 2.31. The Labute approximate surface area is 257 Å². The maximum Gasteiger partial charge on any atom is 0.229 e. The summed E-state index contributed by atoms with van der Waals surface area (Å²) < 4.78 is 31.1. The Morgan fingerprint density at radius 3 is 1.93 bits per heavy atom. The molecule has 2 aliphatic heterocycles. The minimum Gasteiger partial charge on any atom is -0.457 e. The number of halogens is 2. The number of nitrogens with zero attached hydrogens (tertiary/aromatic N) is 3. The first-order valence-corrected chi connectivity index (χ1v) is 16.3. The van der Waals surface area contributed by atoms with E-state index in [0.717, 1.165) is 70.7 Å². The number of piperidine rings is 1. The van der Waals surface area contributed by atoms with Crippen molar-refractivity contribution in [3.8, 4) is 11.5 Å². The van der Waals surface area contributed by atoms with Crippen LogP contribution in [0.15, 0.2) is 48.5 Å². The molecule has 0 radical (unpaired) electrons. The molecule has 1 amide bonds. The van der Waals surface area contributed by atoms with Crippen molar-refractivity contribution < 1.29 is 17.9 Å². The number of rotatable bonds is 8. The summed E-state index contributed by atoms with van der Waals surface area (Å²) >= 11 is 0. The van der Waals surface area contributed by atoms with E-state index >= 15 is 0 Å². The monoisotopic (exact) mass is 626 g/mol. The number of nitrogens with one attached hydrogen (secondary N) is 1. The van der Waals surface area contributed by atoms with Crippen molar-refractivity contribution >= 4 is 46.4 Å². The number of piperazine rings is 1. The van der Waals surface area contributed by atoms with Crippen LogP contribution in [0.1, 0.15) is 50.5 Å². The van der Waals surface area contributed by atoms with Crippen LogP contribution in [0.5, 0.6) is 11.5 Å². The lowest BCUT2D eigenvalue weighted by Gasteiger charge is -2.43. The number of hydrogen-bond acceptors (Lipinski definition) is 6. The van der Waals surface area contributed by atoms with Crippen LogP contribution in [0.25, 0.3) is 0 Å². The SMILES string of the molecule is CS(=O)(=O)Nc1ccc(Oc2ccc(CN3CCC(N4CCN(C(=O)C5CCCCC5)CC4)CC3)cc2)cc1.Cl.Cl. The van der Waals surface area contributed by atoms with Crippen molar-refractivity contribution in [3.05, 3.63) is 54.1 Å². The van der Waals surface area contributed by atoms with Crippen LogP contribution in [0.4, 0.5) is 5.69 Å². The van der Waals surface area contributed by atoms with E-state index in [9.17, 15) is 13.2 Å². The fraction of sp³-hybridized carbons (Fsp3) is 0.567. The van der Waals surface area contributed by atoms with Gasteiger partial charge in [0.25, 0.3) is 0 Å². The molecule has 0 aromatic heterocycles. The smallest absolute Gasteiger partial charge is 0.229 e. The summed E-state index contributed by atoms with van der Waals surface area (Å²) in [5, 5.41) is 0. The molecule has 2 aromatic rings. The number of benzene rings is 2. The largest absolute Gasteiger partial charge is 0.457 e. The molecule has 0 unspecified atom stereocenters. The molecule has 2 heterocycles. The molecule has 2 saturated heterocycles. The van der Waals surface area contributed by atoms with E-state index in [1.807, 2.05) is 12.1 Å². The van der Waals surface area contributed by atoms with Crippen LogP contribution < -0.4 is 9.46 Å². The highest BCUT2D eigenvalue weighted by molar-refractivity contribution is 7.92. The van der Waals surface area contributed by atoms with Crippen molar-refractivity contribution in [1.29, 1.82) is 0 Å². The topological polar surface area (TPSA) is 82.2 Å². The van der Waals surface area contributed by atoms with Crippen molar-refractivity contribution in [2.75, 3.05) is 50.2 Å². The second-order valence-electron chi connectivity index (χ2n) is 11.3. The lowest BCUT2D eigenvalue weighted by atomic mass is 9.88. The van der Waals surface area contributed by atoms with Gasteiger partial charge in [0.05, 0.1) is 6.26 Å². The van der Waals surface area contributed by atoms with E-state index in [-0.39, 0.29) is 30.7 Å². The number of anilines is 1. The third kappa shape index (κ3) is 9.75. The second-order valence-corrected chi connectivity index (χ2v) is 13.1. The van der Waals surface area contributed by atoms with Crippen molar-refractivity contribution in [3.63, 3.8) is 0 Å². The molecule has 0 atom stereocenters. The van der Waals surface area contributed by atoms with Gasteiger partial charge in [-0.3, -0.25) is 19.3 Å². The average Bonchev–Trinajstić information content (AvgIpc) is 2.95. The zero-order valence-corrected chi connectivity index (χ0v) is 26.3. The Morgan fingerprint density at radius 1 is 0.805 bits per heavy atom. The summed E-state index contributed by atoms with van der Waals surface area (Å²) in [7, 11) is -3.29. The number of carbonyl (C=O) groups excluding carboxylic acids is 1. The maximum absolute atomic E-state index is 12.9. The zero-order valence-electron chi connectivity index (χ0n) is 23.9. The highest BCUT2D eigenvalue weighted by Crippen LogP contribution is 2.27. The number of amides is 1. The molecule has 0 bridgehead atoms. The summed E-state index contributed by atoms with van der Waals surface area (Å²) in [6.07, 6.45) is 9.41. The third-order valence-corrected chi connectivity index (χ3v) is 8.98. The van der Waals surface area contributed by atoms with Gasteiger partial charge in [-0.2, -0.15) is 0 Å². The van der Waals surface area contributed by atoms with Gasteiger partial charge in [-0.15, -0.1) is 24.8 Å². The third-order valence-electron chi connectivity index (χ3n) is 8.38. The molecule has 2 aromatic carbocycles. The lowest BCUT2D eigenvalue weighted by Crippen LogP contribution is -2.55. The summed E-state index contributed by atoms with van der Waals surface area (Å²) in [4.78, 5) is 20.2. The average molecular weight is 628 g/mol. The minimum absolute atomic E-state index is 0. The van der Waals surface area contributed by atoms with E-state index in [0.29, 0.717) is 23.4 Å². The number of ether oxygens (including phenoxy) is 1. The van der Waals surface area contributed by atoms with E-state index in [2.05, 4.69) is 31.6 Å². The predicted octanol–water partition coefficient (Wildman–Crippen LogP) is 5.38. The second kappa shape index (κ2) is 15.4. The Bertz CT molecular complexity index is 1190. The maximum atomic E-state index is 12.9. The predicted molar refractivity (Wildman–Crippen MR) is 169 cm³/mol. The van der Waals surface area contributed by atoms with Crippen molar-refractivity contribution in [1.82, 2.24) is 14.7 Å². The molecular weight excluding hydrogens is 583 g/mol. The van der Waals surface area contributed by atoms with Crippen LogP contribution in [-0.4, -0.2) is 80.6 Å². The minimum atomic E-state index is -3.29. The number of sulfonamides is 1. The summed E-state index contributed by atoms with van der Waals surface area (Å²) in [6.45, 7) is 6.94. The van der Waals surface area contributed by atoms with Gasteiger partial charge in [0.15, 0.2) is 0 Å². The van der Waals surface area contributed by atoms with Gasteiger partial charge in [0, 0.05) is 50.4 Å². The van der Waals surface area contributed by atoms with Gasteiger partial charge in [-0.25, -0.2) is 8.42 Å². The van der Waals surface area contributed by atoms with Crippen LogP contribution >= 0.6 is 24.8 Å². The molecule has 0 spiro atoms. The van der Waals surface area contributed by atoms with E-state index in [4.69, 9.17) is 4.74 Å². The van der Waals surface area contributed by atoms with Crippen LogP contribution in [0.2, 0.25) is 0 Å². The van der Waals surface area contributed by atoms with Gasteiger partial charge in [0.2, 0.25) is 15.9 Å².